The Morgan fingerprint density at radius 2 is 2.12 bits per heavy atom. The zero-order valence-electron chi connectivity index (χ0n) is 9.73. The average molecular weight is 244 g/mol. The van der Waals surface area contributed by atoms with Gasteiger partial charge in [-0.15, -0.1) is 0 Å². The van der Waals surface area contributed by atoms with Crippen LogP contribution < -0.4 is 10.6 Å². The SMILES string of the molecule is CNC(C)C1CNc2ccc(C(F)(F)F)cc21. The molecule has 17 heavy (non-hydrogen) atoms. The summed E-state index contributed by atoms with van der Waals surface area (Å²) in [6, 6.07) is 4.04. The van der Waals surface area contributed by atoms with Gasteiger partial charge in [-0.3, -0.25) is 0 Å². The molecule has 94 valence electrons. The van der Waals surface area contributed by atoms with Gasteiger partial charge in [0.05, 0.1) is 5.56 Å². The maximum atomic E-state index is 12.6. The van der Waals surface area contributed by atoms with Crippen LogP contribution in [0.15, 0.2) is 18.2 Å². The Balaban J connectivity index is 2.37. The second kappa shape index (κ2) is 4.22. The second-order valence-corrected chi connectivity index (χ2v) is 4.36. The van der Waals surface area contributed by atoms with E-state index in [-0.39, 0.29) is 12.0 Å². The van der Waals surface area contributed by atoms with Crippen LogP contribution in [0.25, 0.3) is 0 Å². The molecule has 1 aromatic rings. The number of hydrogen-bond donors (Lipinski definition) is 2. The summed E-state index contributed by atoms with van der Waals surface area (Å²) >= 11 is 0. The molecule has 0 fully saturated rings. The molecule has 0 amide bonds. The molecule has 0 bridgehead atoms. The molecule has 1 aliphatic heterocycles. The number of nitrogens with one attached hydrogen (secondary N) is 2. The van der Waals surface area contributed by atoms with Crippen LogP contribution >= 0.6 is 0 Å². The topological polar surface area (TPSA) is 24.1 Å². The number of anilines is 1. The number of hydrogen-bond acceptors (Lipinski definition) is 2. The third-order valence-corrected chi connectivity index (χ3v) is 3.35. The maximum Gasteiger partial charge on any atom is 0.416 e. The van der Waals surface area contributed by atoms with Gasteiger partial charge in [-0.05, 0) is 37.7 Å². The van der Waals surface area contributed by atoms with E-state index >= 15 is 0 Å². The quantitative estimate of drug-likeness (QED) is 0.836. The summed E-state index contributed by atoms with van der Waals surface area (Å²) in [6.07, 6.45) is -4.27. The van der Waals surface area contributed by atoms with E-state index in [9.17, 15) is 13.2 Å². The fraction of sp³-hybridized carbons (Fsp3) is 0.500. The molecule has 0 aliphatic carbocycles. The molecule has 2 unspecified atom stereocenters. The Bertz CT molecular complexity index is 415. The first kappa shape index (κ1) is 12.2. The summed E-state index contributed by atoms with van der Waals surface area (Å²) < 4.78 is 37.9. The summed E-state index contributed by atoms with van der Waals surface area (Å²) in [5, 5.41) is 6.22. The highest BCUT2D eigenvalue weighted by molar-refractivity contribution is 5.59. The van der Waals surface area contributed by atoms with E-state index in [1.54, 1.807) is 0 Å². The van der Waals surface area contributed by atoms with Crippen molar-refractivity contribution in [3.05, 3.63) is 29.3 Å². The molecule has 1 aromatic carbocycles. The average Bonchev–Trinajstić information content (AvgIpc) is 2.69. The van der Waals surface area contributed by atoms with Gasteiger partial charge in [-0.25, -0.2) is 0 Å². The van der Waals surface area contributed by atoms with Gasteiger partial charge in [0.15, 0.2) is 0 Å². The Hall–Kier alpha value is -1.23. The fourth-order valence-corrected chi connectivity index (χ4v) is 2.18. The fourth-order valence-electron chi connectivity index (χ4n) is 2.18. The summed E-state index contributed by atoms with van der Waals surface area (Å²) in [7, 11) is 1.82. The number of rotatable bonds is 2. The molecule has 1 aliphatic rings. The first-order valence-electron chi connectivity index (χ1n) is 5.55. The van der Waals surface area contributed by atoms with Crippen LogP contribution in [0.1, 0.15) is 24.0 Å². The Labute approximate surface area is 98.2 Å². The molecule has 1 heterocycles. The van der Waals surface area contributed by atoms with E-state index in [4.69, 9.17) is 0 Å². The molecule has 5 heteroatoms. The van der Waals surface area contributed by atoms with Gasteiger partial charge in [0.1, 0.15) is 0 Å². The number of likely N-dealkylation sites (N-methyl/N-ethyl adjacent to an activating group) is 1. The molecular formula is C12H15F3N2. The normalized spacial score (nSPS) is 20.9. The van der Waals surface area contributed by atoms with Crippen molar-refractivity contribution < 1.29 is 13.2 Å². The Morgan fingerprint density at radius 1 is 1.41 bits per heavy atom. The van der Waals surface area contributed by atoms with Crippen molar-refractivity contribution in [3.8, 4) is 0 Å². The largest absolute Gasteiger partial charge is 0.416 e. The molecule has 2 nitrogen and oxygen atoms in total. The zero-order chi connectivity index (χ0) is 12.6. The predicted molar refractivity (Wildman–Crippen MR) is 61.2 cm³/mol. The first-order valence-corrected chi connectivity index (χ1v) is 5.55. The standard InChI is InChI=1S/C12H15F3N2/c1-7(16-2)10-6-17-11-4-3-8(5-9(10)11)12(13,14)15/h3-5,7,10,16-17H,6H2,1-2H3. The van der Waals surface area contributed by atoms with Crippen LogP contribution in [0.5, 0.6) is 0 Å². The number of fused-ring (bicyclic) bond motifs is 1. The molecule has 0 saturated heterocycles. The number of alkyl halides is 3. The van der Waals surface area contributed by atoms with Crippen LogP contribution in [0.2, 0.25) is 0 Å². The lowest BCUT2D eigenvalue weighted by atomic mass is 9.93. The van der Waals surface area contributed by atoms with Crippen molar-refractivity contribution in [2.45, 2.75) is 25.1 Å². The molecule has 2 rings (SSSR count). The lowest BCUT2D eigenvalue weighted by Crippen LogP contribution is -2.30. The molecule has 0 radical (unpaired) electrons. The predicted octanol–water partition coefficient (Wildman–Crippen LogP) is 2.82. The van der Waals surface area contributed by atoms with Crippen LogP contribution in [-0.2, 0) is 6.18 Å². The molecule has 2 atom stereocenters. The second-order valence-electron chi connectivity index (χ2n) is 4.36. The van der Waals surface area contributed by atoms with Gasteiger partial charge in [-0.1, -0.05) is 0 Å². The van der Waals surface area contributed by atoms with Crippen LogP contribution in [0.3, 0.4) is 0 Å². The number of halogens is 3. The maximum absolute atomic E-state index is 12.6. The van der Waals surface area contributed by atoms with Crippen molar-refractivity contribution in [2.24, 2.45) is 0 Å². The summed E-state index contributed by atoms with van der Waals surface area (Å²) in [4.78, 5) is 0. The van der Waals surface area contributed by atoms with Gasteiger partial charge < -0.3 is 10.6 Å². The molecule has 2 N–H and O–H groups in total. The molecule has 0 spiro atoms. The van der Waals surface area contributed by atoms with Crippen LogP contribution in [0, 0.1) is 0 Å². The molecule has 0 aromatic heterocycles. The highest BCUT2D eigenvalue weighted by atomic mass is 19.4. The van der Waals surface area contributed by atoms with Crippen molar-refractivity contribution in [1.82, 2.24) is 5.32 Å². The van der Waals surface area contributed by atoms with Gasteiger partial charge >= 0.3 is 6.18 Å². The summed E-state index contributed by atoms with van der Waals surface area (Å²) in [5.41, 5.74) is 0.986. The van der Waals surface area contributed by atoms with Gasteiger partial charge in [0.25, 0.3) is 0 Å². The van der Waals surface area contributed by atoms with Gasteiger partial charge in [-0.2, -0.15) is 13.2 Å². The van der Waals surface area contributed by atoms with E-state index < -0.39 is 11.7 Å². The minimum Gasteiger partial charge on any atom is -0.384 e. The van der Waals surface area contributed by atoms with Crippen molar-refractivity contribution in [3.63, 3.8) is 0 Å². The Morgan fingerprint density at radius 3 is 2.71 bits per heavy atom. The van der Waals surface area contributed by atoms with Gasteiger partial charge in [0.2, 0.25) is 0 Å². The molecule has 0 saturated carbocycles. The van der Waals surface area contributed by atoms with E-state index in [1.165, 1.54) is 12.1 Å². The lowest BCUT2D eigenvalue weighted by Gasteiger charge is -2.19. The lowest BCUT2D eigenvalue weighted by molar-refractivity contribution is -0.137. The van der Waals surface area contributed by atoms with E-state index in [0.29, 0.717) is 6.54 Å². The Kier molecular flexibility index (Phi) is 3.03. The van der Waals surface area contributed by atoms with Crippen molar-refractivity contribution >= 4 is 5.69 Å². The smallest absolute Gasteiger partial charge is 0.384 e. The van der Waals surface area contributed by atoms with Gasteiger partial charge in [0, 0.05) is 24.2 Å². The first-order chi connectivity index (χ1) is 7.93. The van der Waals surface area contributed by atoms with Crippen molar-refractivity contribution in [2.75, 3.05) is 18.9 Å². The monoisotopic (exact) mass is 244 g/mol. The third kappa shape index (κ3) is 2.24. The van der Waals surface area contributed by atoms with Crippen LogP contribution in [0.4, 0.5) is 18.9 Å². The van der Waals surface area contributed by atoms with E-state index in [1.807, 2.05) is 14.0 Å². The third-order valence-electron chi connectivity index (χ3n) is 3.35. The summed E-state index contributed by atoms with van der Waals surface area (Å²) in [5.74, 6) is 0.0808. The minimum absolute atomic E-state index is 0.0808. The highest BCUT2D eigenvalue weighted by Crippen LogP contribution is 2.38. The molecular weight excluding hydrogens is 229 g/mol. The van der Waals surface area contributed by atoms with Crippen molar-refractivity contribution in [1.29, 1.82) is 0 Å². The summed E-state index contributed by atoms with van der Waals surface area (Å²) in [6.45, 7) is 2.65. The number of benzene rings is 1. The van der Waals surface area contributed by atoms with E-state index in [0.717, 1.165) is 17.3 Å². The zero-order valence-corrected chi connectivity index (χ0v) is 9.73. The van der Waals surface area contributed by atoms with Crippen LogP contribution in [-0.4, -0.2) is 19.6 Å². The van der Waals surface area contributed by atoms with E-state index in [2.05, 4.69) is 10.6 Å². The highest BCUT2D eigenvalue weighted by Gasteiger charge is 2.34. The minimum atomic E-state index is -4.27.